The predicted molar refractivity (Wildman–Crippen MR) is 109 cm³/mol. The minimum atomic E-state index is -4.91. The average molecular weight is 509 g/mol. The Hall–Kier alpha value is -3.36. The molecule has 2 aromatic rings. The summed E-state index contributed by atoms with van der Waals surface area (Å²) in [4.78, 5) is 30.9. The van der Waals surface area contributed by atoms with Crippen molar-refractivity contribution in [1.82, 2.24) is 20.1 Å². The van der Waals surface area contributed by atoms with Crippen molar-refractivity contribution in [2.75, 3.05) is 50.9 Å². The molecule has 3 heterocycles. The maximum absolute atomic E-state index is 12.9. The maximum Gasteiger partial charge on any atom is 0.425 e. The van der Waals surface area contributed by atoms with Crippen molar-refractivity contribution in [3.8, 4) is 5.75 Å². The summed E-state index contributed by atoms with van der Waals surface area (Å²) in [6.45, 7) is 1.07. The van der Waals surface area contributed by atoms with E-state index in [1.54, 1.807) is 14.9 Å². The van der Waals surface area contributed by atoms with Crippen LogP contribution in [0.15, 0.2) is 29.3 Å². The van der Waals surface area contributed by atoms with Crippen LogP contribution in [0, 0.1) is 0 Å². The van der Waals surface area contributed by atoms with Crippen LogP contribution in [-0.4, -0.2) is 72.0 Å². The molecule has 0 aliphatic carbocycles. The summed E-state index contributed by atoms with van der Waals surface area (Å²) >= 11 is 0. The van der Waals surface area contributed by atoms with Gasteiger partial charge in [0.1, 0.15) is 12.4 Å². The van der Waals surface area contributed by atoms with Crippen LogP contribution < -0.4 is 15.2 Å². The Balaban J connectivity index is 1.36. The molecule has 192 valence electrons. The fourth-order valence-electron chi connectivity index (χ4n) is 3.32. The molecular formula is C20H21F6N5O4. The fourth-order valence-corrected chi connectivity index (χ4v) is 3.32. The Morgan fingerprint density at radius 2 is 1.69 bits per heavy atom. The number of carbonyl (C=O) groups excluding carboxylic acids is 1. The normalized spacial score (nSPS) is 14.8. The molecule has 1 saturated heterocycles. The number of nitrogens with zero attached hydrogens (tertiary/aromatic N) is 4. The van der Waals surface area contributed by atoms with E-state index in [1.807, 2.05) is 0 Å². The molecule has 1 amide bonds. The topological polar surface area (TPSA) is 101 Å². The van der Waals surface area contributed by atoms with Crippen molar-refractivity contribution in [2.45, 2.75) is 18.8 Å². The molecule has 1 N–H and O–H groups in total. The van der Waals surface area contributed by atoms with Gasteiger partial charge in [-0.2, -0.15) is 31.4 Å². The van der Waals surface area contributed by atoms with Crippen LogP contribution in [0.3, 0.4) is 0 Å². The number of nitrogens with one attached hydrogen (secondary N) is 1. The highest BCUT2D eigenvalue weighted by Crippen LogP contribution is 2.32. The number of halogens is 6. The number of anilines is 1. The zero-order chi connectivity index (χ0) is 25.6. The molecule has 0 saturated carbocycles. The number of rotatable bonds is 8. The molecule has 35 heavy (non-hydrogen) atoms. The van der Waals surface area contributed by atoms with E-state index in [-0.39, 0.29) is 32.1 Å². The van der Waals surface area contributed by atoms with E-state index in [0.717, 1.165) is 18.5 Å². The predicted octanol–water partition coefficient (Wildman–Crippen LogP) is 2.34. The standard InChI is InChI=1S/C20H21F6N5O4/c21-19(22,23)13-1-2-15(27-11-13)30-4-6-31(7-5-30)16(32)3-8-34-9-10-35-14-12-28-29-18(33)17(14)20(24,25)26/h1-2,11-12H,3-10H2,(H,29,33). The van der Waals surface area contributed by atoms with Gasteiger partial charge in [-0.25, -0.2) is 10.1 Å². The maximum atomic E-state index is 12.9. The number of carbonyl (C=O) groups is 1. The molecule has 0 spiro atoms. The molecule has 15 heteroatoms. The van der Waals surface area contributed by atoms with Gasteiger partial charge in [-0.05, 0) is 12.1 Å². The summed E-state index contributed by atoms with van der Waals surface area (Å²) in [6, 6.07) is 2.24. The van der Waals surface area contributed by atoms with Crippen molar-refractivity contribution >= 4 is 11.7 Å². The summed E-state index contributed by atoms with van der Waals surface area (Å²) in [5.41, 5.74) is -3.75. The Morgan fingerprint density at radius 1 is 0.971 bits per heavy atom. The third-order valence-corrected chi connectivity index (χ3v) is 5.08. The quantitative estimate of drug-likeness (QED) is 0.431. The first-order chi connectivity index (χ1) is 16.5. The number of aromatic amines is 1. The number of ether oxygens (including phenoxy) is 2. The second kappa shape index (κ2) is 10.9. The van der Waals surface area contributed by atoms with Gasteiger partial charge in [-0.1, -0.05) is 0 Å². The first kappa shape index (κ1) is 26.2. The average Bonchev–Trinajstić information content (AvgIpc) is 2.80. The number of amides is 1. The molecule has 3 rings (SSSR count). The van der Waals surface area contributed by atoms with Crippen molar-refractivity contribution in [3.63, 3.8) is 0 Å². The van der Waals surface area contributed by atoms with Gasteiger partial charge >= 0.3 is 12.4 Å². The first-order valence-corrected chi connectivity index (χ1v) is 10.4. The molecule has 1 aliphatic heterocycles. The molecule has 2 aromatic heterocycles. The van der Waals surface area contributed by atoms with E-state index in [9.17, 15) is 35.9 Å². The molecule has 1 aliphatic rings. The van der Waals surface area contributed by atoms with Crippen molar-refractivity contribution in [3.05, 3.63) is 46.0 Å². The van der Waals surface area contributed by atoms with Crippen LogP contribution >= 0.6 is 0 Å². The fraction of sp³-hybridized carbons (Fsp3) is 0.500. The van der Waals surface area contributed by atoms with Crippen LogP contribution in [0.4, 0.5) is 32.2 Å². The van der Waals surface area contributed by atoms with Gasteiger partial charge in [0.2, 0.25) is 5.91 Å². The van der Waals surface area contributed by atoms with Gasteiger partial charge in [0, 0.05) is 32.4 Å². The molecule has 0 bridgehead atoms. The Kier molecular flexibility index (Phi) is 8.19. The summed E-state index contributed by atoms with van der Waals surface area (Å²) in [6.07, 6.45) is -7.84. The molecule has 0 aromatic carbocycles. The summed E-state index contributed by atoms with van der Waals surface area (Å²) < 4.78 is 86.9. The zero-order valence-electron chi connectivity index (χ0n) is 18.2. The van der Waals surface area contributed by atoms with Crippen LogP contribution in [-0.2, 0) is 21.9 Å². The molecule has 0 unspecified atom stereocenters. The third kappa shape index (κ3) is 7.07. The lowest BCUT2D eigenvalue weighted by atomic mass is 10.2. The molecule has 0 atom stereocenters. The number of alkyl halides is 6. The molecule has 1 fully saturated rings. The number of piperazine rings is 1. The van der Waals surface area contributed by atoms with Crippen LogP contribution in [0.5, 0.6) is 5.75 Å². The summed E-state index contributed by atoms with van der Waals surface area (Å²) in [5, 5.41) is 4.97. The van der Waals surface area contributed by atoms with E-state index < -0.39 is 34.8 Å². The van der Waals surface area contributed by atoms with Gasteiger partial charge in [-0.15, -0.1) is 0 Å². The number of hydrogen-bond donors (Lipinski definition) is 1. The lowest BCUT2D eigenvalue weighted by Gasteiger charge is -2.35. The lowest BCUT2D eigenvalue weighted by Crippen LogP contribution is -2.49. The minimum Gasteiger partial charge on any atom is -0.489 e. The molecular weight excluding hydrogens is 488 g/mol. The lowest BCUT2D eigenvalue weighted by molar-refractivity contribution is -0.140. The summed E-state index contributed by atoms with van der Waals surface area (Å²) in [5.74, 6) is -0.539. The smallest absolute Gasteiger partial charge is 0.425 e. The highest BCUT2D eigenvalue weighted by molar-refractivity contribution is 5.76. The number of pyridine rings is 1. The van der Waals surface area contributed by atoms with Gasteiger partial charge < -0.3 is 19.3 Å². The number of aromatic nitrogens is 3. The van der Waals surface area contributed by atoms with Crippen molar-refractivity contribution in [2.24, 2.45) is 0 Å². The number of H-pyrrole nitrogens is 1. The minimum absolute atomic E-state index is 0.00260. The Bertz CT molecular complexity index is 1050. The van der Waals surface area contributed by atoms with Crippen LogP contribution in [0.1, 0.15) is 17.5 Å². The van der Waals surface area contributed by atoms with E-state index in [2.05, 4.69) is 10.1 Å². The SMILES string of the molecule is O=C(CCOCCOc1cn[nH]c(=O)c1C(F)(F)F)N1CCN(c2ccc(C(F)(F)F)cn2)CC1. The van der Waals surface area contributed by atoms with E-state index in [0.29, 0.717) is 32.0 Å². The van der Waals surface area contributed by atoms with Gasteiger partial charge in [0.25, 0.3) is 5.56 Å². The monoisotopic (exact) mass is 509 g/mol. The van der Waals surface area contributed by atoms with E-state index in [1.165, 1.54) is 6.07 Å². The highest BCUT2D eigenvalue weighted by atomic mass is 19.4. The Labute approximate surface area is 194 Å². The van der Waals surface area contributed by atoms with Crippen molar-refractivity contribution in [1.29, 1.82) is 0 Å². The van der Waals surface area contributed by atoms with E-state index >= 15 is 0 Å². The van der Waals surface area contributed by atoms with Crippen LogP contribution in [0.2, 0.25) is 0 Å². The van der Waals surface area contributed by atoms with E-state index in [4.69, 9.17) is 9.47 Å². The number of hydrogen-bond acceptors (Lipinski definition) is 7. The Morgan fingerprint density at radius 3 is 2.29 bits per heavy atom. The van der Waals surface area contributed by atoms with Gasteiger partial charge in [-0.3, -0.25) is 9.59 Å². The molecule has 0 radical (unpaired) electrons. The van der Waals surface area contributed by atoms with Crippen LogP contribution in [0.25, 0.3) is 0 Å². The molecule has 9 nitrogen and oxygen atoms in total. The second-order valence-corrected chi connectivity index (χ2v) is 7.42. The van der Waals surface area contributed by atoms with Gasteiger partial charge in [0.15, 0.2) is 11.3 Å². The first-order valence-electron chi connectivity index (χ1n) is 10.4. The van der Waals surface area contributed by atoms with Gasteiger partial charge in [0.05, 0.1) is 31.4 Å². The third-order valence-electron chi connectivity index (χ3n) is 5.08. The highest BCUT2D eigenvalue weighted by Gasteiger charge is 2.38. The zero-order valence-corrected chi connectivity index (χ0v) is 18.2. The van der Waals surface area contributed by atoms with Crippen molar-refractivity contribution < 1.29 is 40.6 Å². The largest absolute Gasteiger partial charge is 0.489 e. The summed E-state index contributed by atoms with van der Waals surface area (Å²) in [7, 11) is 0. The second-order valence-electron chi connectivity index (χ2n) is 7.42.